The average Bonchev–Trinajstić information content (AvgIpc) is 2.89. The van der Waals surface area contributed by atoms with E-state index >= 15 is 0 Å². The van der Waals surface area contributed by atoms with Gasteiger partial charge in [-0.15, -0.1) is 0 Å². The fourth-order valence-corrected chi connectivity index (χ4v) is 2.99. The largest absolute Gasteiger partial charge is 0.393 e. The first-order valence-electron chi connectivity index (χ1n) is 5.78. The lowest BCUT2D eigenvalue weighted by atomic mass is 10.1. The molecule has 1 aliphatic rings. The van der Waals surface area contributed by atoms with Crippen molar-refractivity contribution in [1.29, 1.82) is 0 Å². The summed E-state index contributed by atoms with van der Waals surface area (Å²) >= 11 is 1.20. The number of nitrogens with zero attached hydrogens (tertiary/aromatic N) is 1. The molecule has 0 bridgehead atoms. The van der Waals surface area contributed by atoms with E-state index in [0.29, 0.717) is 12.5 Å². The maximum atomic E-state index is 10.5. The van der Waals surface area contributed by atoms with Crippen LogP contribution in [0.25, 0.3) is 0 Å². The summed E-state index contributed by atoms with van der Waals surface area (Å²) < 4.78 is 0. The Bertz CT molecular complexity index is 394. The zero-order chi connectivity index (χ0) is 12.3. The molecule has 1 aromatic heterocycles. The van der Waals surface area contributed by atoms with Crippen LogP contribution in [0.15, 0.2) is 12.1 Å². The van der Waals surface area contributed by atoms with Crippen LogP contribution in [-0.2, 0) is 6.54 Å². The van der Waals surface area contributed by atoms with Crippen molar-refractivity contribution >= 4 is 16.3 Å². The summed E-state index contributed by atoms with van der Waals surface area (Å²) in [5.41, 5.74) is 0. The smallest absolute Gasteiger partial charge is 0.324 e. The molecule has 1 aliphatic carbocycles. The van der Waals surface area contributed by atoms with Crippen molar-refractivity contribution < 1.29 is 10.0 Å². The monoisotopic (exact) mass is 256 g/mol. The molecule has 5 nitrogen and oxygen atoms in total. The summed E-state index contributed by atoms with van der Waals surface area (Å²) in [6.45, 7) is 1.43. The first kappa shape index (κ1) is 12.5. The molecular formula is C11H16N2O3S. The Balaban J connectivity index is 1.76. The molecule has 2 N–H and O–H groups in total. The Morgan fingerprint density at radius 3 is 2.94 bits per heavy atom. The number of aliphatic hydroxyl groups is 1. The number of nitrogens with one attached hydrogen (secondary N) is 1. The normalized spacial score (nSPS) is 24.1. The van der Waals surface area contributed by atoms with Crippen LogP contribution < -0.4 is 5.32 Å². The molecule has 1 heterocycles. The molecule has 1 aromatic rings. The maximum Gasteiger partial charge on any atom is 0.324 e. The molecule has 1 fully saturated rings. The van der Waals surface area contributed by atoms with Gasteiger partial charge in [0.15, 0.2) is 0 Å². The van der Waals surface area contributed by atoms with Gasteiger partial charge in [0.1, 0.15) is 0 Å². The molecule has 0 amide bonds. The molecule has 0 saturated heterocycles. The van der Waals surface area contributed by atoms with Crippen LogP contribution in [0, 0.1) is 16.0 Å². The Kier molecular flexibility index (Phi) is 4.09. The van der Waals surface area contributed by atoms with Crippen LogP contribution in [0.3, 0.4) is 0 Å². The van der Waals surface area contributed by atoms with E-state index in [2.05, 4.69) is 5.32 Å². The summed E-state index contributed by atoms with van der Waals surface area (Å²) in [7, 11) is 0. The molecule has 0 radical (unpaired) electrons. The molecule has 17 heavy (non-hydrogen) atoms. The topological polar surface area (TPSA) is 75.4 Å². The van der Waals surface area contributed by atoms with E-state index < -0.39 is 0 Å². The zero-order valence-corrected chi connectivity index (χ0v) is 10.3. The Morgan fingerprint density at radius 1 is 1.53 bits per heavy atom. The van der Waals surface area contributed by atoms with Crippen LogP contribution in [-0.4, -0.2) is 22.7 Å². The van der Waals surface area contributed by atoms with E-state index in [4.69, 9.17) is 0 Å². The van der Waals surface area contributed by atoms with Gasteiger partial charge in [0.05, 0.1) is 11.0 Å². The third-order valence-corrected chi connectivity index (χ3v) is 4.19. The highest BCUT2D eigenvalue weighted by atomic mass is 32.1. The predicted molar refractivity (Wildman–Crippen MR) is 66.0 cm³/mol. The first-order valence-corrected chi connectivity index (χ1v) is 6.60. The molecule has 0 spiro atoms. The number of hydrogen-bond acceptors (Lipinski definition) is 5. The van der Waals surface area contributed by atoms with Crippen LogP contribution >= 0.6 is 11.3 Å². The molecule has 6 heteroatoms. The number of aliphatic hydroxyl groups excluding tert-OH is 1. The fraction of sp³-hybridized carbons (Fsp3) is 0.636. The van der Waals surface area contributed by atoms with Crippen LogP contribution in [0.1, 0.15) is 24.1 Å². The van der Waals surface area contributed by atoms with E-state index in [1.165, 1.54) is 17.4 Å². The van der Waals surface area contributed by atoms with E-state index in [-0.39, 0.29) is 16.0 Å². The van der Waals surface area contributed by atoms with Gasteiger partial charge in [-0.1, -0.05) is 17.8 Å². The fourth-order valence-electron chi connectivity index (χ4n) is 2.20. The van der Waals surface area contributed by atoms with Gasteiger partial charge in [-0.25, -0.2) is 0 Å². The lowest BCUT2D eigenvalue weighted by Crippen LogP contribution is -2.27. The third-order valence-electron chi connectivity index (χ3n) is 3.15. The summed E-state index contributed by atoms with van der Waals surface area (Å²) in [5.74, 6) is 0.338. The Hall–Kier alpha value is -0.980. The van der Waals surface area contributed by atoms with Crippen molar-refractivity contribution in [3.05, 3.63) is 27.1 Å². The molecule has 2 atom stereocenters. The Morgan fingerprint density at radius 2 is 2.35 bits per heavy atom. The van der Waals surface area contributed by atoms with Gasteiger partial charge in [-0.3, -0.25) is 10.1 Å². The Labute approximate surface area is 104 Å². The highest BCUT2D eigenvalue weighted by Crippen LogP contribution is 2.26. The van der Waals surface area contributed by atoms with Crippen molar-refractivity contribution in [3.63, 3.8) is 0 Å². The summed E-state index contributed by atoms with van der Waals surface area (Å²) in [4.78, 5) is 11.1. The number of rotatable bonds is 5. The zero-order valence-electron chi connectivity index (χ0n) is 9.46. The maximum absolute atomic E-state index is 10.5. The molecule has 1 saturated carbocycles. The number of hydrogen-bond donors (Lipinski definition) is 2. The van der Waals surface area contributed by atoms with Crippen molar-refractivity contribution in [1.82, 2.24) is 5.32 Å². The summed E-state index contributed by atoms with van der Waals surface area (Å²) in [6, 6.07) is 3.31. The molecular weight excluding hydrogens is 240 g/mol. The molecule has 0 aliphatic heterocycles. The lowest BCUT2D eigenvalue weighted by Gasteiger charge is -2.14. The van der Waals surface area contributed by atoms with E-state index in [0.717, 1.165) is 30.7 Å². The van der Waals surface area contributed by atoms with E-state index in [1.807, 2.05) is 0 Å². The summed E-state index contributed by atoms with van der Waals surface area (Å²) in [6.07, 6.45) is 2.88. The standard InChI is InChI=1S/C11H16N2O3S/c14-10-3-1-2-8(10)6-12-7-9-4-5-11(17-9)13(15)16/h4-5,8,10,12,14H,1-3,6-7H2. The molecule has 2 unspecified atom stereocenters. The van der Waals surface area contributed by atoms with Crippen molar-refractivity contribution in [2.75, 3.05) is 6.54 Å². The van der Waals surface area contributed by atoms with Crippen molar-refractivity contribution in [2.45, 2.75) is 31.9 Å². The average molecular weight is 256 g/mol. The van der Waals surface area contributed by atoms with Crippen LogP contribution in [0.2, 0.25) is 0 Å². The first-order chi connectivity index (χ1) is 8.16. The summed E-state index contributed by atoms with van der Waals surface area (Å²) in [5, 5.41) is 23.6. The van der Waals surface area contributed by atoms with Gasteiger partial charge in [0, 0.05) is 24.0 Å². The SMILES string of the molecule is O=[N+]([O-])c1ccc(CNCC2CCCC2O)s1. The van der Waals surface area contributed by atoms with Crippen molar-refractivity contribution in [2.24, 2.45) is 5.92 Å². The minimum atomic E-state index is -0.366. The minimum absolute atomic E-state index is 0.180. The quantitative estimate of drug-likeness (QED) is 0.623. The van der Waals surface area contributed by atoms with Gasteiger partial charge < -0.3 is 10.4 Å². The van der Waals surface area contributed by atoms with Gasteiger partial charge in [0.2, 0.25) is 0 Å². The van der Waals surface area contributed by atoms with E-state index in [1.54, 1.807) is 6.07 Å². The second-order valence-electron chi connectivity index (χ2n) is 4.39. The second kappa shape index (κ2) is 5.57. The van der Waals surface area contributed by atoms with Gasteiger partial charge >= 0.3 is 5.00 Å². The van der Waals surface area contributed by atoms with Gasteiger partial charge in [0.25, 0.3) is 0 Å². The highest BCUT2D eigenvalue weighted by Gasteiger charge is 2.24. The van der Waals surface area contributed by atoms with Gasteiger partial charge in [-0.2, -0.15) is 0 Å². The third kappa shape index (κ3) is 3.24. The number of thiophene rings is 1. The van der Waals surface area contributed by atoms with Gasteiger partial charge in [-0.05, 0) is 24.8 Å². The van der Waals surface area contributed by atoms with Crippen molar-refractivity contribution in [3.8, 4) is 0 Å². The second-order valence-corrected chi connectivity index (χ2v) is 5.53. The molecule has 2 rings (SSSR count). The number of nitro groups is 1. The van der Waals surface area contributed by atoms with Crippen LogP contribution in [0.5, 0.6) is 0 Å². The molecule has 0 aromatic carbocycles. The van der Waals surface area contributed by atoms with Crippen LogP contribution in [0.4, 0.5) is 5.00 Å². The minimum Gasteiger partial charge on any atom is -0.393 e. The highest BCUT2D eigenvalue weighted by molar-refractivity contribution is 7.15. The van der Waals surface area contributed by atoms with E-state index in [9.17, 15) is 15.2 Å². The molecule has 94 valence electrons. The lowest BCUT2D eigenvalue weighted by molar-refractivity contribution is -0.380. The predicted octanol–water partition coefficient (Wildman–Crippen LogP) is 1.91.